The maximum Gasteiger partial charge on any atom is 0.306 e. The monoisotopic (exact) mass is 350 g/mol. The third-order valence-electron chi connectivity index (χ3n) is 4.17. The molecule has 3 rings (SSSR count). The van der Waals surface area contributed by atoms with Crippen LogP contribution in [-0.4, -0.2) is 25.6 Å². The first-order chi connectivity index (χ1) is 12.5. The maximum absolute atomic E-state index is 12.1. The summed E-state index contributed by atoms with van der Waals surface area (Å²) in [6, 6.07) is 9.13. The lowest BCUT2D eigenvalue weighted by Gasteiger charge is -2.10. The minimum absolute atomic E-state index is 0.0808. The number of aryl methyl sites for hydroxylation is 2. The van der Waals surface area contributed by atoms with Crippen molar-refractivity contribution in [2.24, 2.45) is 0 Å². The van der Waals surface area contributed by atoms with Gasteiger partial charge in [-0.1, -0.05) is 18.2 Å². The highest BCUT2D eigenvalue weighted by Crippen LogP contribution is 2.17. The molecule has 2 aromatic heterocycles. The SMILES string of the molecule is Cc1nc2nc(N)nn2c(C)c1CCC(=O)OCc1ccccc1C#N. The number of esters is 1. The Labute approximate surface area is 150 Å². The van der Waals surface area contributed by atoms with Crippen molar-refractivity contribution >= 4 is 17.7 Å². The van der Waals surface area contributed by atoms with Gasteiger partial charge < -0.3 is 10.5 Å². The van der Waals surface area contributed by atoms with E-state index in [-0.39, 0.29) is 24.9 Å². The molecule has 0 atom stereocenters. The van der Waals surface area contributed by atoms with Gasteiger partial charge in [-0.25, -0.2) is 4.98 Å². The molecule has 3 aromatic rings. The average molecular weight is 350 g/mol. The van der Waals surface area contributed by atoms with Crippen molar-refractivity contribution in [1.29, 1.82) is 5.26 Å². The van der Waals surface area contributed by atoms with Gasteiger partial charge in [-0.3, -0.25) is 4.79 Å². The summed E-state index contributed by atoms with van der Waals surface area (Å²) in [4.78, 5) is 20.5. The summed E-state index contributed by atoms with van der Waals surface area (Å²) in [6.45, 7) is 3.83. The molecule has 0 saturated carbocycles. The minimum Gasteiger partial charge on any atom is -0.461 e. The van der Waals surface area contributed by atoms with Crippen LogP contribution in [0.2, 0.25) is 0 Å². The van der Waals surface area contributed by atoms with E-state index in [9.17, 15) is 4.79 Å². The molecule has 0 aliphatic rings. The standard InChI is InChI=1S/C18H18N6O2/c1-11-15(12(2)24-18(21-11)22-17(20)23-24)7-8-16(25)26-10-14-6-4-3-5-13(14)9-19/h3-6H,7-8,10H2,1-2H3,(H2,20,23). The van der Waals surface area contributed by atoms with E-state index in [1.54, 1.807) is 28.8 Å². The smallest absolute Gasteiger partial charge is 0.306 e. The second-order valence-electron chi connectivity index (χ2n) is 5.87. The van der Waals surface area contributed by atoms with Crippen LogP contribution in [0.4, 0.5) is 5.95 Å². The Bertz CT molecular complexity index is 1020. The van der Waals surface area contributed by atoms with Crippen LogP contribution in [0.15, 0.2) is 24.3 Å². The Kier molecular flexibility index (Phi) is 4.80. The predicted molar refractivity (Wildman–Crippen MR) is 93.9 cm³/mol. The van der Waals surface area contributed by atoms with Gasteiger partial charge in [-0.15, -0.1) is 5.10 Å². The summed E-state index contributed by atoms with van der Waals surface area (Å²) in [6.07, 6.45) is 0.673. The van der Waals surface area contributed by atoms with E-state index < -0.39 is 0 Å². The van der Waals surface area contributed by atoms with E-state index in [2.05, 4.69) is 21.1 Å². The second kappa shape index (κ2) is 7.19. The van der Waals surface area contributed by atoms with Crippen molar-refractivity contribution in [3.8, 4) is 6.07 Å². The molecular formula is C18H18N6O2. The first-order valence-corrected chi connectivity index (χ1v) is 8.11. The second-order valence-corrected chi connectivity index (χ2v) is 5.87. The lowest BCUT2D eigenvalue weighted by Crippen LogP contribution is -2.10. The number of nitrogens with two attached hydrogens (primary N) is 1. The molecule has 0 aliphatic carbocycles. The summed E-state index contributed by atoms with van der Waals surface area (Å²) in [5.41, 5.74) is 9.36. The molecule has 132 valence electrons. The van der Waals surface area contributed by atoms with E-state index in [1.165, 1.54) is 0 Å². The molecule has 0 fully saturated rings. The quantitative estimate of drug-likeness (QED) is 0.698. The number of ether oxygens (including phenoxy) is 1. The molecule has 0 amide bonds. The number of nitrogen functional groups attached to an aromatic ring is 1. The normalized spacial score (nSPS) is 10.7. The minimum atomic E-state index is -0.338. The fourth-order valence-electron chi connectivity index (χ4n) is 2.80. The van der Waals surface area contributed by atoms with Crippen LogP contribution in [0.3, 0.4) is 0 Å². The Hall–Kier alpha value is -3.47. The molecule has 1 aromatic carbocycles. The van der Waals surface area contributed by atoms with Gasteiger partial charge in [0.25, 0.3) is 5.78 Å². The number of hydrogen-bond acceptors (Lipinski definition) is 7. The number of nitriles is 1. The number of rotatable bonds is 5. The summed E-state index contributed by atoms with van der Waals surface area (Å²) >= 11 is 0. The highest BCUT2D eigenvalue weighted by Gasteiger charge is 2.14. The highest BCUT2D eigenvalue weighted by atomic mass is 16.5. The van der Waals surface area contributed by atoms with Crippen molar-refractivity contribution in [2.75, 3.05) is 5.73 Å². The van der Waals surface area contributed by atoms with Gasteiger partial charge in [0, 0.05) is 23.4 Å². The van der Waals surface area contributed by atoms with Gasteiger partial charge in [0.2, 0.25) is 5.95 Å². The van der Waals surface area contributed by atoms with Crippen LogP contribution in [0, 0.1) is 25.2 Å². The Morgan fingerprint density at radius 3 is 2.85 bits per heavy atom. The van der Waals surface area contributed by atoms with Gasteiger partial charge in [0.05, 0.1) is 11.6 Å². The molecule has 2 N–H and O–H groups in total. The van der Waals surface area contributed by atoms with Gasteiger partial charge in [0.1, 0.15) is 6.61 Å². The van der Waals surface area contributed by atoms with Crippen LogP contribution >= 0.6 is 0 Å². The van der Waals surface area contributed by atoms with Crippen molar-refractivity contribution in [2.45, 2.75) is 33.3 Å². The van der Waals surface area contributed by atoms with Crippen molar-refractivity contribution in [3.63, 3.8) is 0 Å². The molecular weight excluding hydrogens is 332 g/mol. The van der Waals surface area contributed by atoms with Crippen molar-refractivity contribution in [1.82, 2.24) is 19.6 Å². The molecule has 8 heteroatoms. The zero-order valence-corrected chi connectivity index (χ0v) is 14.6. The first kappa shape index (κ1) is 17.4. The summed E-state index contributed by atoms with van der Waals surface area (Å²) in [5, 5.41) is 13.2. The van der Waals surface area contributed by atoms with Crippen LogP contribution in [0.5, 0.6) is 0 Å². The highest BCUT2D eigenvalue weighted by molar-refractivity contribution is 5.70. The summed E-state index contributed by atoms with van der Waals surface area (Å²) < 4.78 is 6.87. The topological polar surface area (TPSA) is 119 Å². The van der Waals surface area contributed by atoms with E-state index in [0.717, 1.165) is 17.0 Å². The number of aromatic nitrogens is 4. The van der Waals surface area contributed by atoms with E-state index in [0.29, 0.717) is 23.3 Å². The van der Waals surface area contributed by atoms with Crippen molar-refractivity contribution in [3.05, 3.63) is 52.3 Å². The van der Waals surface area contributed by atoms with E-state index in [4.69, 9.17) is 15.7 Å². The van der Waals surface area contributed by atoms with Gasteiger partial charge in [-0.05, 0) is 31.9 Å². The third kappa shape index (κ3) is 3.47. The molecule has 0 spiro atoms. The van der Waals surface area contributed by atoms with Crippen molar-refractivity contribution < 1.29 is 9.53 Å². The molecule has 0 aliphatic heterocycles. The molecule has 26 heavy (non-hydrogen) atoms. The molecule has 0 unspecified atom stereocenters. The summed E-state index contributed by atoms with van der Waals surface area (Å²) in [7, 11) is 0. The van der Waals surface area contributed by atoms with Crippen LogP contribution in [-0.2, 0) is 22.6 Å². The average Bonchev–Trinajstić information content (AvgIpc) is 3.00. The zero-order chi connectivity index (χ0) is 18.7. The lowest BCUT2D eigenvalue weighted by molar-refractivity contribution is -0.144. The van der Waals surface area contributed by atoms with E-state index >= 15 is 0 Å². The number of hydrogen-bond donors (Lipinski definition) is 1. The molecule has 2 heterocycles. The number of anilines is 1. The predicted octanol–water partition coefficient (Wildman–Crippen LogP) is 1.87. The number of nitrogens with zero attached hydrogens (tertiary/aromatic N) is 5. The van der Waals surface area contributed by atoms with Gasteiger partial charge >= 0.3 is 5.97 Å². The summed E-state index contributed by atoms with van der Waals surface area (Å²) in [5.74, 6) is 0.263. The molecule has 0 saturated heterocycles. The number of fused-ring (bicyclic) bond motifs is 1. The Morgan fingerprint density at radius 2 is 2.08 bits per heavy atom. The largest absolute Gasteiger partial charge is 0.461 e. The lowest BCUT2D eigenvalue weighted by atomic mass is 10.1. The molecule has 8 nitrogen and oxygen atoms in total. The first-order valence-electron chi connectivity index (χ1n) is 8.11. The van der Waals surface area contributed by atoms with Crippen LogP contribution < -0.4 is 5.73 Å². The fraction of sp³-hybridized carbons (Fsp3) is 0.278. The Morgan fingerprint density at radius 1 is 1.31 bits per heavy atom. The number of benzene rings is 1. The van der Waals surface area contributed by atoms with Crippen LogP contribution in [0.25, 0.3) is 5.78 Å². The number of carbonyl (C=O) groups excluding carboxylic acids is 1. The maximum atomic E-state index is 12.1. The van der Waals surface area contributed by atoms with Gasteiger partial charge in [-0.2, -0.15) is 14.8 Å². The third-order valence-corrected chi connectivity index (χ3v) is 4.17. The molecule has 0 radical (unpaired) electrons. The zero-order valence-electron chi connectivity index (χ0n) is 14.6. The van der Waals surface area contributed by atoms with E-state index in [1.807, 2.05) is 13.8 Å². The fourth-order valence-corrected chi connectivity index (χ4v) is 2.80. The molecule has 0 bridgehead atoms. The van der Waals surface area contributed by atoms with Crippen LogP contribution in [0.1, 0.15) is 34.5 Å². The number of carbonyl (C=O) groups is 1. The van der Waals surface area contributed by atoms with Gasteiger partial charge in [0.15, 0.2) is 0 Å². The Balaban J connectivity index is 1.66.